The number of allylic oxidation sites excluding steroid dienone is 1. The normalized spacial score (nSPS) is 23.5. The molecule has 0 amide bonds. The van der Waals surface area contributed by atoms with Crippen molar-refractivity contribution in [1.29, 1.82) is 0 Å². The molecule has 0 N–H and O–H groups in total. The molecule has 4 nitrogen and oxygen atoms in total. The van der Waals surface area contributed by atoms with Gasteiger partial charge in [-0.3, -0.25) is 4.90 Å². The topological polar surface area (TPSA) is 40.6 Å². The molecule has 1 heterocycles. The summed E-state index contributed by atoms with van der Waals surface area (Å²) in [6.45, 7) is 4.95. The number of rotatable bonds is 5. The van der Waals surface area contributed by atoms with Crippen molar-refractivity contribution in [3.63, 3.8) is 0 Å². The highest BCUT2D eigenvalue weighted by molar-refractivity contribution is 7.89. The molecule has 1 aliphatic heterocycles. The molecule has 1 aromatic carbocycles. The Bertz CT molecular complexity index is 659. The van der Waals surface area contributed by atoms with Crippen molar-refractivity contribution in [3.8, 4) is 0 Å². The Balaban J connectivity index is 1.63. The van der Waals surface area contributed by atoms with Gasteiger partial charge < -0.3 is 0 Å². The average molecular weight is 349 g/mol. The molecular weight excluding hydrogens is 320 g/mol. The summed E-state index contributed by atoms with van der Waals surface area (Å²) in [5, 5.41) is 0. The summed E-state index contributed by atoms with van der Waals surface area (Å²) in [4.78, 5) is 2.85. The van der Waals surface area contributed by atoms with Crippen LogP contribution < -0.4 is 0 Å². The summed E-state index contributed by atoms with van der Waals surface area (Å²) >= 11 is 0. The predicted molar refractivity (Wildman–Crippen MR) is 97.5 cm³/mol. The Morgan fingerprint density at radius 3 is 2.38 bits per heavy atom. The van der Waals surface area contributed by atoms with Crippen LogP contribution in [-0.4, -0.2) is 49.8 Å². The lowest BCUT2D eigenvalue weighted by Gasteiger charge is -2.38. The lowest BCUT2D eigenvalue weighted by atomic mass is 10.0. The van der Waals surface area contributed by atoms with E-state index in [4.69, 9.17) is 0 Å². The fourth-order valence-corrected chi connectivity index (χ4v) is 5.06. The summed E-state index contributed by atoms with van der Waals surface area (Å²) in [6.07, 6.45) is 10.2. The van der Waals surface area contributed by atoms with Gasteiger partial charge in [0.05, 0.1) is 4.90 Å². The van der Waals surface area contributed by atoms with Crippen molar-refractivity contribution >= 4 is 10.0 Å². The van der Waals surface area contributed by atoms with Crippen molar-refractivity contribution in [2.75, 3.05) is 26.2 Å². The third kappa shape index (κ3) is 3.90. The first-order valence-corrected chi connectivity index (χ1v) is 10.5. The quantitative estimate of drug-likeness (QED) is 0.768. The minimum Gasteiger partial charge on any atom is -0.294 e. The first-order valence-electron chi connectivity index (χ1n) is 9.11. The van der Waals surface area contributed by atoms with E-state index >= 15 is 0 Å². The highest BCUT2D eigenvalue weighted by atomic mass is 32.2. The van der Waals surface area contributed by atoms with Gasteiger partial charge >= 0.3 is 0 Å². The molecular formula is C19H28N2O2S. The maximum absolute atomic E-state index is 12.8. The molecule has 3 rings (SSSR count). The van der Waals surface area contributed by atoms with Gasteiger partial charge in [0.25, 0.3) is 0 Å². The van der Waals surface area contributed by atoms with Crippen LogP contribution in [0.4, 0.5) is 0 Å². The Morgan fingerprint density at radius 2 is 1.79 bits per heavy atom. The van der Waals surface area contributed by atoms with Crippen LogP contribution in [-0.2, 0) is 16.4 Å². The van der Waals surface area contributed by atoms with Gasteiger partial charge in [-0.2, -0.15) is 4.31 Å². The van der Waals surface area contributed by atoms with Crippen LogP contribution in [0.1, 0.15) is 38.2 Å². The Labute approximate surface area is 146 Å². The second-order valence-electron chi connectivity index (χ2n) is 6.76. The van der Waals surface area contributed by atoms with E-state index in [1.807, 2.05) is 12.1 Å². The van der Waals surface area contributed by atoms with Gasteiger partial charge in [-0.15, -0.1) is 0 Å². The van der Waals surface area contributed by atoms with E-state index in [2.05, 4.69) is 24.0 Å². The second kappa shape index (κ2) is 7.81. The zero-order valence-corrected chi connectivity index (χ0v) is 15.3. The second-order valence-corrected chi connectivity index (χ2v) is 8.70. The van der Waals surface area contributed by atoms with Gasteiger partial charge in [-0.25, -0.2) is 8.42 Å². The van der Waals surface area contributed by atoms with Crippen molar-refractivity contribution in [3.05, 3.63) is 42.0 Å². The Hall–Kier alpha value is -1.17. The smallest absolute Gasteiger partial charge is 0.243 e. The summed E-state index contributed by atoms with van der Waals surface area (Å²) in [6, 6.07) is 7.91. The molecule has 1 unspecified atom stereocenters. The molecule has 1 saturated heterocycles. The van der Waals surface area contributed by atoms with Crippen molar-refractivity contribution < 1.29 is 8.42 Å². The monoisotopic (exact) mass is 348 g/mol. The van der Waals surface area contributed by atoms with Crippen molar-refractivity contribution in [1.82, 2.24) is 9.21 Å². The minimum atomic E-state index is -3.36. The number of hydrogen-bond donors (Lipinski definition) is 0. The van der Waals surface area contributed by atoms with Gasteiger partial charge in [0.1, 0.15) is 0 Å². The molecule has 0 saturated carbocycles. The number of sulfonamides is 1. The number of aryl methyl sites for hydroxylation is 1. The fraction of sp³-hybridized carbons (Fsp3) is 0.579. The Kier molecular flexibility index (Phi) is 5.74. The van der Waals surface area contributed by atoms with Crippen LogP contribution in [0.2, 0.25) is 0 Å². The molecule has 0 bridgehead atoms. The van der Waals surface area contributed by atoms with E-state index in [0.717, 1.165) is 25.9 Å². The number of benzene rings is 1. The van der Waals surface area contributed by atoms with E-state index in [1.54, 1.807) is 16.4 Å². The molecule has 0 spiro atoms. The first-order chi connectivity index (χ1) is 11.6. The summed E-state index contributed by atoms with van der Waals surface area (Å²) in [5.74, 6) is 0. The highest BCUT2D eigenvalue weighted by Gasteiger charge is 2.30. The van der Waals surface area contributed by atoms with Crippen LogP contribution in [0.25, 0.3) is 0 Å². The van der Waals surface area contributed by atoms with Crippen molar-refractivity contribution in [2.24, 2.45) is 0 Å². The Morgan fingerprint density at radius 1 is 1.08 bits per heavy atom. The summed E-state index contributed by atoms with van der Waals surface area (Å²) < 4.78 is 27.3. The van der Waals surface area contributed by atoms with E-state index in [0.29, 0.717) is 24.0 Å². The molecule has 5 heteroatoms. The van der Waals surface area contributed by atoms with Gasteiger partial charge in [0, 0.05) is 32.2 Å². The SMILES string of the molecule is CCCc1ccc(S(=O)(=O)N2CCN(C3C=CCCC3)CC2)cc1. The van der Waals surface area contributed by atoms with Gasteiger partial charge in [0.15, 0.2) is 0 Å². The molecule has 132 valence electrons. The number of piperazine rings is 1. The molecule has 1 aromatic rings. The van der Waals surface area contributed by atoms with Crippen LogP contribution in [0.3, 0.4) is 0 Å². The molecule has 1 atom stereocenters. The van der Waals surface area contributed by atoms with Gasteiger partial charge in [-0.1, -0.05) is 37.6 Å². The first kappa shape index (κ1) is 17.6. The van der Waals surface area contributed by atoms with E-state index in [-0.39, 0.29) is 0 Å². The van der Waals surface area contributed by atoms with Crippen LogP contribution in [0.5, 0.6) is 0 Å². The van der Waals surface area contributed by atoms with E-state index in [9.17, 15) is 8.42 Å². The molecule has 1 aliphatic carbocycles. The third-order valence-electron chi connectivity index (χ3n) is 5.07. The third-order valence-corrected chi connectivity index (χ3v) is 6.98. The molecule has 1 fully saturated rings. The van der Waals surface area contributed by atoms with Crippen LogP contribution in [0, 0.1) is 0 Å². The number of nitrogens with zero attached hydrogens (tertiary/aromatic N) is 2. The molecule has 0 aromatic heterocycles. The molecule has 2 aliphatic rings. The average Bonchev–Trinajstić information content (AvgIpc) is 2.63. The van der Waals surface area contributed by atoms with Gasteiger partial charge in [0.2, 0.25) is 10.0 Å². The number of hydrogen-bond acceptors (Lipinski definition) is 3. The minimum absolute atomic E-state index is 0.424. The predicted octanol–water partition coefficient (Wildman–Crippen LogP) is 3.05. The highest BCUT2D eigenvalue weighted by Crippen LogP contribution is 2.22. The summed E-state index contributed by atoms with van der Waals surface area (Å²) in [5.41, 5.74) is 1.20. The maximum atomic E-state index is 12.8. The van der Waals surface area contributed by atoms with E-state index < -0.39 is 10.0 Å². The molecule has 0 radical (unpaired) electrons. The van der Waals surface area contributed by atoms with Crippen LogP contribution >= 0.6 is 0 Å². The molecule has 24 heavy (non-hydrogen) atoms. The lowest BCUT2D eigenvalue weighted by Crippen LogP contribution is -2.51. The van der Waals surface area contributed by atoms with Crippen LogP contribution in [0.15, 0.2) is 41.3 Å². The van der Waals surface area contributed by atoms with Crippen molar-refractivity contribution in [2.45, 2.75) is 50.0 Å². The standard InChI is InChI=1S/C19H28N2O2S/c1-2-6-17-9-11-19(12-10-17)24(22,23)21-15-13-20(14-16-21)18-7-4-3-5-8-18/h4,7,9-12,18H,2-3,5-6,8,13-16H2,1H3. The zero-order valence-electron chi connectivity index (χ0n) is 14.5. The maximum Gasteiger partial charge on any atom is 0.243 e. The van der Waals surface area contributed by atoms with Gasteiger partial charge in [-0.05, 0) is 43.4 Å². The largest absolute Gasteiger partial charge is 0.294 e. The fourth-order valence-electron chi connectivity index (χ4n) is 3.64. The zero-order chi connectivity index (χ0) is 17.0. The summed E-state index contributed by atoms with van der Waals surface area (Å²) in [7, 11) is -3.36. The van der Waals surface area contributed by atoms with E-state index in [1.165, 1.54) is 24.8 Å². The lowest BCUT2D eigenvalue weighted by molar-refractivity contribution is 0.150.